The van der Waals surface area contributed by atoms with Crippen LogP contribution in [0.1, 0.15) is 63.2 Å². The van der Waals surface area contributed by atoms with Crippen LogP contribution in [-0.2, 0) is 23.9 Å². The first-order valence-corrected chi connectivity index (χ1v) is 9.64. The molecule has 0 heterocycles. The Morgan fingerprint density at radius 1 is 1.08 bits per heavy atom. The second kappa shape index (κ2) is 14.7. The van der Waals surface area contributed by atoms with Crippen LogP contribution in [0.5, 0.6) is 0 Å². The Kier molecular flexibility index (Phi) is 13.8. The van der Waals surface area contributed by atoms with Gasteiger partial charge in [0.25, 0.3) is 0 Å². The van der Waals surface area contributed by atoms with Crippen LogP contribution in [-0.4, -0.2) is 56.1 Å². The standard InChI is InChI=1S/C17H30N2O5.C2H6.2H2/c1-12(2)24-9-6-18-17(22)14-10-15(11-14)19-16(21)5-8-23-7-4-13(3)20;1-2;;/h12,14-15H,4-11H2,1-3H3,(H,18,22)(H,19,21);1-2H3;2*1H. The van der Waals surface area contributed by atoms with E-state index in [2.05, 4.69) is 10.6 Å². The molecule has 156 valence electrons. The van der Waals surface area contributed by atoms with Crippen LogP contribution in [0.2, 0.25) is 0 Å². The molecule has 0 bridgehead atoms. The van der Waals surface area contributed by atoms with E-state index in [4.69, 9.17) is 9.47 Å². The Morgan fingerprint density at radius 2 is 1.69 bits per heavy atom. The zero-order chi connectivity index (χ0) is 19.9. The average Bonchev–Trinajstić information content (AvgIpc) is 2.55. The number of carbonyl (C=O) groups excluding carboxylic acids is 3. The third kappa shape index (κ3) is 12.0. The molecule has 1 fully saturated rings. The van der Waals surface area contributed by atoms with Gasteiger partial charge in [-0.3, -0.25) is 14.4 Å². The summed E-state index contributed by atoms with van der Waals surface area (Å²) in [4.78, 5) is 34.3. The molecule has 0 aromatic rings. The number of hydrogen-bond donors (Lipinski definition) is 2. The maximum Gasteiger partial charge on any atom is 0.223 e. The summed E-state index contributed by atoms with van der Waals surface area (Å²) < 4.78 is 10.6. The molecule has 0 radical (unpaired) electrons. The zero-order valence-corrected chi connectivity index (χ0v) is 16.9. The Morgan fingerprint density at radius 3 is 2.27 bits per heavy atom. The molecule has 0 spiro atoms. The summed E-state index contributed by atoms with van der Waals surface area (Å²) in [6.07, 6.45) is 2.17. The van der Waals surface area contributed by atoms with Gasteiger partial charge in [-0.1, -0.05) is 13.8 Å². The van der Waals surface area contributed by atoms with Crippen LogP contribution < -0.4 is 10.6 Å². The van der Waals surface area contributed by atoms with Gasteiger partial charge in [0.1, 0.15) is 5.78 Å². The third-order valence-electron chi connectivity index (χ3n) is 3.80. The van der Waals surface area contributed by atoms with E-state index in [9.17, 15) is 14.4 Å². The third-order valence-corrected chi connectivity index (χ3v) is 3.80. The van der Waals surface area contributed by atoms with E-state index in [1.54, 1.807) is 0 Å². The molecule has 1 saturated carbocycles. The number of amides is 2. The van der Waals surface area contributed by atoms with E-state index < -0.39 is 0 Å². The number of hydrogen-bond acceptors (Lipinski definition) is 5. The van der Waals surface area contributed by atoms with Gasteiger partial charge in [0.2, 0.25) is 11.8 Å². The van der Waals surface area contributed by atoms with Crippen LogP contribution in [0.25, 0.3) is 0 Å². The molecular weight excluding hydrogens is 336 g/mol. The second-order valence-electron chi connectivity index (χ2n) is 6.46. The highest BCUT2D eigenvalue weighted by Crippen LogP contribution is 2.27. The second-order valence-corrected chi connectivity index (χ2v) is 6.46. The topological polar surface area (TPSA) is 93.7 Å². The fourth-order valence-electron chi connectivity index (χ4n) is 2.35. The van der Waals surface area contributed by atoms with Gasteiger partial charge in [-0.15, -0.1) is 0 Å². The predicted octanol–water partition coefficient (Wildman–Crippen LogP) is 2.33. The Balaban J connectivity index is -0.00000151. The average molecular weight is 377 g/mol. The minimum atomic E-state index is -0.0768. The number of Topliss-reactive ketones (excluding diaryl/α,β-unsaturated/α-hetero) is 1. The molecule has 0 aromatic heterocycles. The molecule has 1 rings (SSSR count). The van der Waals surface area contributed by atoms with Gasteiger partial charge < -0.3 is 20.1 Å². The highest BCUT2D eigenvalue weighted by Gasteiger charge is 2.34. The van der Waals surface area contributed by atoms with Crippen molar-refractivity contribution in [3.8, 4) is 0 Å². The Labute approximate surface area is 160 Å². The summed E-state index contributed by atoms with van der Waals surface area (Å²) in [5, 5.41) is 5.74. The zero-order valence-electron chi connectivity index (χ0n) is 16.9. The summed E-state index contributed by atoms with van der Waals surface area (Å²) in [6.45, 7) is 11.1. The van der Waals surface area contributed by atoms with Gasteiger partial charge in [-0.05, 0) is 33.6 Å². The fraction of sp³-hybridized carbons (Fsp3) is 0.842. The van der Waals surface area contributed by atoms with Crippen molar-refractivity contribution < 1.29 is 26.7 Å². The van der Waals surface area contributed by atoms with Crippen molar-refractivity contribution in [3.05, 3.63) is 0 Å². The lowest BCUT2D eigenvalue weighted by Crippen LogP contribution is -2.49. The maximum absolute atomic E-state index is 11.9. The van der Waals surface area contributed by atoms with Crippen molar-refractivity contribution in [2.24, 2.45) is 5.92 Å². The van der Waals surface area contributed by atoms with Crippen molar-refractivity contribution in [2.45, 2.75) is 72.4 Å². The predicted molar refractivity (Wildman–Crippen MR) is 105 cm³/mol. The van der Waals surface area contributed by atoms with E-state index >= 15 is 0 Å². The van der Waals surface area contributed by atoms with E-state index in [1.165, 1.54) is 6.92 Å². The summed E-state index contributed by atoms with van der Waals surface area (Å²) in [5.74, 6) is 0.00242. The number of ketones is 1. The summed E-state index contributed by atoms with van der Waals surface area (Å²) >= 11 is 0. The molecule has 0 aromatic carbocycles. The fourth-order valence-corrected chi connectivity index (χ4v) is 2.35. The molecule has 2 amide bonds. The molecule has 1 aliphatic rings. The Bertz CT molecular complexity index is 431. The molecule has 0 unspecified atom stereocenters. The molecule has 1 aliphatic carbocycles. The van der Waals surface area contributed by atoms with Crippen molar-refractivity contribution in [3.63, 3.8) is 0 Å². The molecule has 0 atom stereocenters. The first kappa shape index (κ1) is 24.5. The summed E-state index contributed by atoms with van der Waals surface area (Å²) in [5.41, 5.74) is 0. The molecular formula is C19H40N2O5. The monoisotopic (exact) mass is 376 g/mol. The van der Waals surface area contributed by atoms with E-state index in [0.29, 0.717) is 45.6 Å². The minimum Gasteiger partial charge on any atom is -0.380 e. The van der Waals surface area contributed by atoms with Crippen LogP contribution in [0.4, 0.5) is 0 Å². The smallest absolute Gasteiger partial charge is 0.223 e. The van der Waals surface area contributed by atoms with Crippen molar-refractivity contribution in [1.29, 1.82) is 0 Å². The number of carbonyl (C=O) groups is 3. The quantitative estimate of drug-likeness (QED) is 0.510. The first-order valence-electron chi connectivity index (χ1n) is 9.64. The first-order chi connectivity index (χ1) is 12.4. The molecule has 7 heteroatoms. The normalized spacial score (nSPS) is 18.4. The SMILES string of the molecule is CC.CC(=O)CCOCCC(=O)NC1CC(C(=O)NCCOC(C)C)C1.[HH].[HH]. The molecule has 26 heavy (non-hydrogen) atoms. The van der Waals surface area contributed by atoms with E-state index in [0.717, 1.165) is 0 Å². The highest BCUT2D eigenvalue weighted by molar-refractivity contribution is 5.81. The van der Waals surface area contributed by atoms with Gasteiger partial charge in [-0.25, -0.2) is 0 Å². The molecule has 0 aliphatic heterocycles. The van der Waals surface area contributed by atoms with Crippen LogP contribution >= 0.6 is 0 Å². The van der Waals surface area contributed by atoms with E-state index in [-0.39, 0.29) is 44.9 Å². The lowest BCUT2D eigenvalue weighted by Gasteiger charge is -2.34. The van der Waals surface area contributed by atoms with Crippen molar-refractivity contribution in [2.75, 3.05) is 26.4 Å². The van der Waals surface area contributed by atoms with Gasteiger partial charge in [0.15, 0.2) is 0 Å². The molecule has 7 nitrogen and oxygen atoms in total. The maximum atomic E-state index is 11.9. The van der Waals surface area contributed by atoms with Gasteiger partial charge >= 0.3 is 0 Å². The van der Waals surface area contributed by atoms with E-state index in [1.807, 2.05) is 27.7 Å². The number of nitrogens with one attached hydrogen (secondary N) is 2. The minimum absolute atomic E-state index is 0. The van der Waals surface area contributed by atoms with Gasteiger partial charge in [0.05, 0.1) is 25.9 Å². The lowest BCUT2D eigenvalue weighted by atomic mass is 9.79. The van der Waals surface area contributed by atoms with Crippen molar-refractivity contribution in [1.82, 2.24) is 10.6 Å². The van der Waals surface area contributed by atoms with Gasteiger partial charge in [0, 0.05) is 34.2 Å². The van der Waals surface area contributed by atoms with Crippen LogP contribution in [0, 0.1) is 5.92 Å². The summed E-state index contributed by atoms with van der Waals surface area (Å²) in [7, 11) is 0. The van der Waals surface area contributed by atoms with Crippen LogP contribution in [0.3, 0.4) is 0 Å². The molecule has 0 saturated heterocycles. The number of ether oxygens (including phenoxy) is 2. The largest absolute Gasteiger partial charge is 0.380 e. The molecule has 2 N–H and O–H groups in total. The summed E-state index contributed by atoms with van der Waals surface area (Å²) in [6, 6.07) is 0.0670. The van der Waals surface area contributed by atoms with Gasteiger partial charge in [-0.2, -0.15) is 0 Å². The Hall–Kier alpha value is -1.47. The van der Waals surface area contributed by atoms with Crippen LogP contribution in [0.15, 0.2) is 0 Å². The highest BCUT2D eigenvalue weighted by atomic mass is 16.5. The number of rotatable bonds is 12. The van der Waals surface area contributed by atoms with Crippen molar-refractivity contribution >= 4 is 17.6 Å². The lowest BCUT2D eigenvalue weighted by molar-refractivity contribution is -0.131.